The van der Waals surface area contributed by atoms with Gasteiger partial charge in [-0.15, -0.1) is 0 Å². The molecule has 0 bridgehead atoms. The highest BCUT2D eigenvalue weighted by Gasteiger charge is 2.22. The van der Waals surface area contributed by atoms with Crippen molar-refractivity contribution in [2.75, 3.05) is 31.6 Å². The van der Waals surface area contributed by atoms with Gasteiger partial charge in [0.05, 0.1) is 0 Å². The van der Waals surface area contributed by atoms with Gasteiger partial charge in [-0.05, 0) is 73.7 Å². The van der Waals surface area contributed by atoms with Crippen LogP contribution in [0.15, 0.2) is 48.5 Å². The van der Waals surface area contributed by atoms with Crippen LogP contribution in [-0.4, -0.2) is 64.7 Å². The highest BCUT2D eigenvalue weighted by Crippen LogP contribution is 2.22. The molecule has 1 atom stereocenters. The van der Waals surface area contributed by atoms with Crippen LogP contribution in [0.1, 0.15) is 60.1 Å². The fourth-order valence-electron chi connectivity index (χ4n) is 4.67. The molecule has 0 saturated heterocycles. The van der Waals surface area contributed by atoms with E-state index in [0.717, 1.165) is 53.7 Å². The van der Waals surface area contributed by atoms with Gasteiger partial charge < -0.3 is 33.6 Å². The largest absolute Gasteiger partial charge is 0.382 e. The van der Waals surface area contributed by atoms with Gasteiger partial charge in [0.2, 0.25) is 11.8 Å². The summed E-state index contributed by atoms with van der Waals surface area (Å²) in [5.41, 5.74) is 26.4. The number of halogens is 1. The third-order valence-electron chi connectivity index (χ3n) is 7.44. The van der Waals surface area contributed by atoms with Crippen LogP contribution in [0.5, 0.6) is 0 Å². The summed E-state index contributed by atoms with van der Waals surface area (Å²) in [5.74, 6) is -1.67. The molecule has 0 radical (unpaired) electrons. The first-order valence-corrected chi connectivity index (χ1v) is 15.5. The molecular weight excluding hydrogens is 608 g/mol. The van der Waals surface area contributed by atoms with Crippen molar-refractivity contribution >= 4 is 46.9 Å². The van der Waals surface area contributed by atoms with Crippen LogP contribution in [-0.2, 0) is 22.4 Å². The molecule has 3 rings (SSSR count). The zero-order chi connectivity index (χ0) is 33.6. The van der Waals surface area contributed by atoms with Crippen molar-refractivity contribution in [2.45, 2.75) is 57.4 Å². The second-order valence-corrected chi connectivity index (χ2v) is 11.3. The summed E-state index contributed by atoms with van der Waals surface area (Å²) in [7, 11) is 1.44. The number of benzene rings is 2. The zero-order valence-corrected chi connectivity index (χ0v) is 26.8. The van der Waals surface area contributed by atoms with Crippen molar-refractivity contribution in [2.24, 2.45) is 11.5 Å². The predicted molar refractivity (Wildman–Crippen MR) is 181 cm³/mol. The number of hydrogen-bond donors (Lipinski definition) is 7. The molecule has 3 amide bonds. The maximum atomic E-state index is 12.7. The number of nitrogens with zero attached hydrogens (tertiary/aromatic N) is 3. The van der Waals surface area contributed by atoms with E-state index < -0.39 is 17.9 Å². The van der Waals surface area contributed by atoms with Crippen molar-refractivity contribution in [3.05, 3.63) is 70.5 Å². The van der Waals surface area contributed by atoms with Crippen LogP contribution in [0.25, 0.3) is 11.1 Å². The number of aryl methyl sites for hydroxylation is 2. The van der Waals surface area contributed by atoms with Gasteiger partial charge >= 0.3 is 0 Å². The number of amides is 3. The molecule has 0 aliphatic heterocycles. The first-order valence-electron chi connectivity index (χ1n) is 15.2. The smallest absolute Gasteiger partial charge is 0.282 e. The van der Waals surface area contributed by atoms with Crippen LogP contribution in [0, 0.1) is 5.41 Å². The minimum Gasteiger partial charge on any atom is -0.382 e. The summed E-state index contributed by atoms with van der Waals surface area (Å²) in [6.45, 7) is 1.04. The highest BCUT2D eigenvalue weighted by atomic mass is 35.5. The van der Waals surface area contributed by atoms with Crippen molar-refractivity contribution in [1.29, 1.82) is 5.41 Å². The summed E-state index contributed by atoms with van der Waals surface area (Å²) in [6, 6.07) is 15.8. The fourth-order valence-corrected chi connectivity index (χ4v) is 4.80. The Morgan fingerprint density at radius 2 is 1.50 bits per heavy atom. The average Bonchev–Trinajstić information content (AvgIpc) is 3.04. The van der Waals surface area contributed by atoms with Gasteiger partial charge in [-0.3, -0.25) is 24.7 Å². The predicted octanol–water partition coefficient (Wildman–Crippen LogP) is 2.61. The van der Waals surface area contributed by atoms with Gasteiger partial charge in [0, 0.05) is 20.0 Å². The molecule has 46 heavy (non-hydrogen) atoms. The third-order valence-corrected chi connectivity index (χ3v) is 7.72. The molecule has 0 aliphatic rings. The maximum Gasteiger partial charge on any atom is 0.282 e. The Morgan fingerprint density at radius 1 is 0.891 bits per heavy atom. The first-order chi connectivity index (χ1) is 22.0. The van der Waals surface area contributed by atoms with Gasteiger partial charge in [0.25, 0.3) is 5.91 Å². The second-order valence-electron chi connectivity index (χ2n) is 10.9. The van der Waals surface area contributed by atoms with E-state index in [0.29, 0.717) is 25.9 Å². The van der Waals surface area contributed by atoms with Crippen LogP contribution in [0.3, 0.4) is 0 Å². The van der Waals surface area contributed by atoms with E-state index in [1.807, 2.05) is 24.3 Å². The molecule has 0 fully saturated rings. The summed E-state index contributed by atoms with van der Waals surface area (Å²) >= 11 is 5.86. The van der Waals surface area contributed by atoms with E-state index in [-0.39, 0.29) is 40.8 Å². The molecule has 14 heteroatoms. The number of aromatic nitrogens is 2. The normalized spacial score (nSPS) is 11.5. The van der Waals surface area contributed by atoms with E-state index in [1.54, 1.807) is 0 Å². The Kier molecular flexibility index (Phi) is 13.7. The molecule has 1 aromatic heterocycles. The standard InChI is InChI=1S/C32H43ClN10O3/c1-43(31(46)26-28(35)42-29(36)27(33)41-26)32(38)39-19-5-3-6-20-8-13-22(14-9-20)23-15-10-21(11-16-23)12-17-25(44)40-24(30(37)45)7-2-4-18-34/h8-11,13-16,24H,2-7,12,17-19,34H2,1H3,(H2,37,45)(H2,38,39)(H,40,44)(H4,35,36,42)/t24-/m0/s1. The van der Waals surface area contributed by atoms with E-state index in [1.165, 1.54) is 12.6 Å². The molecule has 13 nitrogen and oxygen atoms in total. The Bertz CT molecular complexity index is 1500. The number of unbranched alkanes of at least 4 members (excludes halogenated alkanes) is 2. The molecular formula is C32H43ClN10O3. The molecule has 246 valence electrons. The van der Waals surface area contributed by atoms with Crippen molar-refractivity contribution in [3.63, 3.8) is 0 Å². The summed E-state index contributed by atoms with van der Waals surface area (Å²) < 4.78 is 0. The van der Waals surface area contributed by atoms with Crippen molar-refractivity contribution < 1.29 is 14.4 Å². The van der Waals surface area contributed by atoms with E-state index in [4.69, 9.17) is 39.9 Å². The summed E-state index contributed by atoms with van der Waals surface area (Å²) in [6.07, 6.45) is 5.37. The molecule has 0 saturated carbocycles. The molecule has 0 unspecified atom stereocenters. The lowest BCUT2D eigenvalue weighted by Gasteiger charge is -2.19. The molecule has 2 aromatic carbocycles. The maximum absolute atomic E-state index is 12.7. The molecule has 0 spiro atoms. The van der Waals surface area contributed by atoms with Gasteiger partial charge in [-0.1, -0.05) is 60.1 Å². The first kappa shape index (κ1) is 35.7. The number of anilines is 2. The number of rotatable bonds is 16. The van der Waals surface area contributed by atoms with Crippen molar-refractivity contribution in [1.82, 2.24) is 25.5 Å². The zero-order valence-electron chi connectivity index (χ0n) is 26.0. The van der Waals surface area contributed by atoms with Crippen molar-refractivity contribution in [3.8, 4) is 11.1 Å². The number of guanidine groups is 1. The second kappa shape index (κ2) is 17.7. The molecule has 1 heterocycles. The number of primary amides is 1. The molecule has 11 N–H and O–H groups in total. The Labute approximate surface area is 274 Å². The SMILES string of the molecule is CN(C(=N)NCCCCc1ccc(-c2ccc(CCC(=O)N[C@@H](CCCCN)C(N)=O)cc2)cc1)C(=O)c1nc(Cl)c(N)nc1N. The number of nitrogens with one attached hydrogen (secondary N) is 3. The number of nitrogen functional groups attached to an aromatic ring is 2. The van der Waals surface area contributed by atoms with E-state index in [2.05, 4.69) is 44.9 Å². The minimum atomic E-state index is -0.668. The third kappa shape index (κ3) is 10.7. The van der Waals surface area contributed by atoms with Crippen LogP contribution >= 0.6 is 11.6 Å². The van der Waals surface area contributed by atoms with Crippen LogP contribution in [0.2, 0.25) is 5.15 Å². The minimum absolute atomic E-state index is 0.0706. The number of carbonyl (C=O) groups excluding carboxylic acids is 3. The lowest BCUT2D eigenvalue weighted by atomic mass is 9.99. The highest BCUT2D eigenvalue weighted by molar-refractivity contribution is 6.31. The Hall–Kier alpha value is -4.75. The van der Waals surface area contributed by atoms with E-state index >= 15 is 0 Å². The summed E-state index contributed by atoms with van der Waals surface area (Å²) in [5, 5.41) is 13.7. The number of hydrogen-bond acceptors (Lipinski definition) is 9. The van der Waals surface area contributed by atoms with Gasteiger partial charge in [-0.25, -0.2) is 9.97 Å². The van der Waals surface area contributed by atoms with E-state index in [9.17, 15) is 14.4 Å². The van der Waals surface area contributed by atoms with Crippen LogP contribution < -0.4 is 33.6 Å². The molecule has 0 aliphatic carbocycles. The molecule has 3 aromatic rings. The lowest BCUT2D eigenvalue weighted by molar-refractivity contribution is -0.127. The van der Waals surface area contributed by atoms with Gasteiger partial charge in [-0.2, -0.15) is 0 Å². The number of carbonyl (C=O) groups is 3. The Balaban J connectivity index is 1.39. The quantitative estimate of drug-likeness (QED) is 0.0685. The number of nitrogens with two attached hydrogens (primary N) is 4. The van der Waals surface area contributed by atoms with Gasteiger partial charge in [0.15, 0.2) is 28.4 Å². The lowest BCUT2D eigenvalue weighted by Crippen LogP contribution is -2.44. The monoisotopic (exact) mass is 650 g/mol. The topological polar surface area (TPSA) is 232 Å². The van der Waals surface area contributed by atoms with Gasteiger partial charge in [0.1, 0.15) is 6.04 Å². The Morgan fingerprint density at radius 3 is 2.09 bits per heavy atom. The summed E-state index contributed by atoms with van der Waals surface area (Å²) in [4.78, 5) is 45.5. The van der Waals surface area contributed by atoms with Crippen LogP contribution in [0.4, 0.5) is 11.6 Å². The average molecular weight is 651 g/mol. The fraction of sp³-hybridized carbons (Fsp3) is 0.375.